The molecule has 128 valence electrons. The third-order valence-corrected chi connectivity index (χ3v) is 4.89. The van der Waals surface area contributed by atoms with Crippen LogP contribution >= 0.6 is 11.3 Å². The number of nitrogens with zero attached hydrogens (tertiary/aromatic N) is 2. The van der Waals surface area contributed by atoms with Crippen molar-refractivity contribution in [2.75, 3.05) is 26.9 Å². The van der Waals surface area contributed by atoms with Gasteiger partial charge in [0.25, 0.3) is 5.91 Å². The Morgan fingerprint density at radius 1 is 1.33 bits per heavy atom. The Morgan fingerprint density at radius 3 is 2.88 bits per heavy atom. The van der Waals surface area contributed by atoms with E-state index in [-0.39, 0.29) is 18.1 Å². The second kappa shape index (κ2) is 8.37. The molecule has 1 aliphatic heterocycles. The number of hydrogen-bond acceptors (Lipinski definition) is 5. The average Bonchev–Trinajstić information content (AvgIpc) is 3.26. The lowest BCUT2D eigenvalue weighted by Crippen LogP contribution is -2.42. The number of hydrogen-bond donors (Lipinski definition) is 0. The number of ether oxygens (including phenoxy) is 2. The zero-order chi connectivity index (χ0) is 16.8. The summed E-state index contributed by atoms with van der Waals surface area (Å²) in [7, 11) is 1.66. The Balaban J connectivity index is 1.75. The maximum atomic E-state index is 12.8. The van der Waals surface area contributed by atoms with E-state index in [0.29, 0.717) is 25.5 Å². The van der Waals surface area contributed by atoms with E-state index in [1.54, 1.807) is 18.0 Å². The predicted molar refractivity (Wildman–Crippen MR) is 93.3 cm³/mol. The highest BCUT2D eigenvalue weighted by atomic mass is 32.1. The quantitative estimate of drug-likeness (QED) is 0.723. The molecule has 6 heteroatoms. The van der Waals surface area contributed by atoms with Gasteiger partial charge in [0, 0.05) is 19.0 Å². The van der Waals surface area contributed by atoms with Crippen LogP contribution in [0.15, 0.2) is 41.2 Å². The third-order valence-electron chi connectivity index (χ3n) is 4.30. The average molecular weight is 346 g/mol. The Labute approximate surface area is 146 Å². The van der Waals surface area contributed by atoms with Gasteiger partial charge >= 0.3 is 0 Å². The fourth-order valence-corrected chi connectivity index (χ4v) is 3.64. The molecule has 2 aromatic rings. The molecular weight excluding hydrogens is 324 g/mol. The van der Waals surface area contributed by atoms with E-state index in [2.05, 4.69) is 17.1 Å². The molecule has 2 atom stereocenters. The summed E-state index contributed by atoms with van der Waals surface area (Å²) < 4.78 is 11.1. The summed E-state index contributed by atoms with van der Waals surface area (Å²) in [5.41, 5.74) is 3.43. The minimum Gasteiger partial charge on any atom is -0.382 e. The van der Waals surface area contributed by atoms with E-state index in [1.165, 1.54) is 16.9 Å². The molecule has 3 rings (SSSR count). The smallest absolute Gasteiger partial charge is 0.273 e. The summed E-state index contributed by atoms with van der Waals surface area (Å²) >= 11 is 1.44. The van der Waals surface area contributed by atoms with Crippen molar-refractivity contribution >= 4 is 17.2 Å². The SMILES string of the molecule is COCCO[C@@H]1CCN(C(=O)c2cscn2)[C@@H]1Cc1ccccc1. The molecular formula is C18H22N2O3S. The third kappa shape index (κ3) is 4.01. The van der Waals surface area contributed by atoms with Gasteiger partial charge < -0.3 is 14.4 Å². The molecule has 24 heavy (non-hydrogen) atoms. The van der Waals surface area contributed by atoms with Gasteiger partial charge in [0.05, 0.1) is 30.9 Å². The molecule has 0 saturated carbocycles. The van der Waals surface area contributed by atoms with E-state index < -0.39 is 0 Å². The first-order valence-corrected chi connectivity index (χ1v) is 9.07. The van der Waals surface area contributed by atoms with E-state index in [1.807, 2.05) is 23.1 Å². The van der Waals surface area contributed by atoms with Crippen molar-refractivity contribution in [3.63, 3.8) is 0 Å². The van der Waals surface area contributed by atoms with E-state index in [0.717, 1.165) is 12.8 Å². The van der Waals surface area contributed by atoms with Gasteiger partial charge in [-0.25, -0.2) is 4.98 Å². The van der Waals surface area contributed by atoms with Crippen molar-refractivity contribution in [2.45, 2.75) is 25.0 Å². The van der Waals surface area contributed by atoms with Gasteiger partial charge in [-0.05, 0) is 18.4 Å². The van der Waals surface area contributed by atoms with Crippen molar-refractivity contribution in [3.05, 3.63) is 52.5 Å². The van der Waals surface area contributed by atoms with Crippen LogP contribution in [0.25, 0.3) is 0 Å². The van der Waals surface area contributed by atoms with Crippen molar-refractivity contribution in [1.29, 1.82) is 0 Å². The molecule has 2 heterocycles. The Hall–Kier alpha value is -1.76. The van der Waals surface area contributed by atoms with E-state index >= 15 is 0 Å². The summed E-state index contributed by atoms with van der Waals surface area (Å²) in [5, 5.41) is 1.81. The number of carbonyl (C=O) groups is 1. The minimum absolute atomic E-state index is 0.00461. The van der Waals surface area contributed by atoms with Crippen molar-refractivity contribution in [3.8, 4) is 0 Å². The Bertz CT molecular complexity index is 633. The summed E-state index contributed by atoms with van der Waals surface area (Å²) in [6, 6.07) is 10.3. The highest BCUT2D eigenvalue weighted by Crippen LogP contribution is 2.26. The van der Waals surface area contributed by atoms with E-state index in [9.17, 15) is 4.79 Å². The zero-order valence-corrected chi connectivity index (χ0v) is 14.6. The van der Waals surface area contributed by atoms with Gasteiger partial charge in [-0.3, -0.25) is 4.79 Å². The predicted octanol–water partition coefficient (Wildman–Crippen LogP) is 2.63. The topological polar surface area (TPSA) is 51.7 Å². The molecule has 5 nitrogen and oxygen atoms in total. The number of aromatic nitrogens is 1. The van der Waals surface area contributed by atoms with Crippen molar-refractivity contribution < 1.29 is 14.3 Å². The van der Waals surface area contributed by atoms with Crippen LogP contribution in [-0.2, 0) is 15.9 Å². The zero-order valence-electron chi connectivity index (χ0n) is 13.8. The van der Waals surface area contributed by atoms with Crippen LogP contribution in [0.3, 0.4) is 0 Å². The van der Waals surface area contributed by atoms with Gasteiger partial charge in [-0.15, -0.1) is 11.3 Å². The molecule has 0 spiro atoms. The first-order chi connectivity index (χ1) is 11.8. The largest absolute Gasteiger partial charge is 0.382 e. The van der Waals surface area contributed by atoms with Crippen LogP contribution in [0.1, 0.15) is 22.5 Å². The number of rotatable bonds is 7. The maximum absolute atomic E-state index is 12.8. The Morgan fingerprint density at radius 2 is 2.17 bits per heavy atom. The molecule has 1 saturated heterocycles. The molecule has 0 N–H and O–H groups in total. The summed E-state index contributed by atoms with van der Waals surface area (Å²) in [6.07, 6.45) is 1.66. The van der Waals surface area contributed by atoms with Crippen LogP contribution in [0.5, 0.6) is 0 Å². The van der Waals surface area contributed by atoms with Crippen molar-refractivity contribution in [1.82, 2.24) is 9.88 Å². The maximum Gasteiger partial charge on any atom is 0.273 e. The number of methoxy groups -OCH3 is 1. The second-order valence-corrected chi connectivity index (χ2v) is 6.54. The standard InChI is InChI=1S/C18H22N2O3S/c1-22-9-10-23-17-7-8-20(18(21)15-12-24-13-19-15)16(17)11-14-5-3-2-4-6-14/h2-6,12-13,16-17H,7-11H2,1H3/t16-,17-/m1/s1. The molecule has 0 radical (unpaired) electrons. The van der Waals surface area contributed by atoms with Crippen LogP contribution in [0.4, 0.5) is 0 Å². The van der Waals surface area contributed by atoms with Gasteiger partial charge in [-0.2, -0.15) is 0 Å². The molecule has 1 fully saturated rings. The Kier molecular flexibility index (Phi) is 5.96. The summed E-state index contributed by atoms with van der Waals surface area (Å²) in [6.45, 7) is 1.81. The lowest BCUT2D eigenvalue weighted by Gasteiger charge is -2.28. The number of amides is 1. The number of thiazole rings is 1. The molecule has 1 amide bonds. The highest BCUT2D eigenvalue weighted by molar-refractivity contribution is 7.07. The molecule has 0 bridgehead atoms. The normalized spacial score (nSPS) is 20.5. The first kappa shape index (κ1) is 17.1. The molecule has 0 aliphatic carbocycles. The van der Waals surface area contributed by atoms with Crippen molar-refractivity contribution in [2.24, 2.45) is 0 Å². The van der Waals surface area contributed by atoms with Crippen LogP contribution < -0.4 is 0 Å². The number of carbonyl (C=O) groups excluding carboxylic acids is 1. The van der Waals surface area contributed by atoms with Crippen LogP contribution in [-0.4, -0.2) is 54.8 Å². The van der Waals surface area contributed by atoms with Gasteiger partial charge in [0.2, 0.25) is 0 Å². The van der Waals surface area contributed by atoms with Gasteiger partial charge in [0.1, 0.15) is 5.69 Å². The molecule has 1 aromatic heterocycles. The summed E-state index contributed by atoms with van der Waals surface area (Å²) in [5.74, 6) is -0.00461. The van der Waals surface area contributed by atoms with Gasteiger partial charge in [0.15, 0.2) is 0 Å². The molecule has 0 unspecified atom stereocenters. The summed E-state index contributed by atoms with van der Waals surface area (Å²) in [4.78, 5) is 18.9. The lowest BCUT2D eigenvalue weighted by atomic mass is 10.0. The monoisotopic (exact) mass is 346 g/mol. The van der Waals surface area contributed by atoms with Crippen LogP contribution in [0.2, 0.25) is 0 Å². The molecule has 1 aliphatic rings. The fraction of sp³-hybridized carbons (Fsp3) is 0.444. The fourth-order valence-electron chi connectivity index (χ4n) is 3.12. The number of likely N-dealkylation sites (tertiary alicyclic amines) is 1. The first-order valence-electron chi connectivity index (χ1n) is 8.13. The van der Waals surface area contributed by atoms with Crippen LogP contribution in [0, 0.1) is 0 Å². The minimum atomic E-state index is -0.00461. The second-order valence-electron chi connectivity index (χ2n) is 5.82. The molecule has 1 aromatic carbocycles. The van der Waals surface area contributed by atoms with E-state index in [4.69, 9.17) is 9.47 Å². The lowest BCUT2D eigenvalue weighted by molar-refractivity contribution is 0.000430. The highest BCUT2D eigenvalue weighted by Gasteiger charge is 2.38. The number of benzene rings is 1. The van der Waals surface area contributed by atoms with Gasteiger partial charge in [-0.1, -0.05) is 30.3 Å².